The van der Waals surface area contributed by atoms with Crippen LogP contribution in [-0.2, 0) is 5.41 Å². The van der Waals surface area contributed by atoms with Gasteiger partial charge in [0.15, 0.2) is 0 Å². The number of hydrogen-bond acceptors (Lipinski definition) is 0. The predicted octanol–water partition coefficient (Wildman–Crippen LogP) is 4.04. The Morgan fingerprint density at radius 2 is 1.57 bits per heavy atom. The SMILES string of the molecule is CC(C)(C)c1cccc(S(C)(C)C)c1. The Bertz CT molecular complexity index is 283. The second-order valence-electron chi connectivity index (χ2n) is 5.61. The van der Waals surface area contributed by atoms with E-state index in [1.165, 1.54) is 10.5 Å². The summed E-state index contributed by atoms with van der Waals surface area (Å²) in [5.74, 6) is 0. The fourth-order valence-electron chi connectivity index (χ4n) is 1.34. The fraction of sp³-hybridized carbons (Fsp3) is 0.538. The first-order valence-electron chi connectivity index (χ1n) is 5.00. The van der Waals surface area contributed by atoms with Crippen LogP contribution in [0.5, 0.6) is 0 Å². The lowest BCUT2D eigenvalue weighted by Crippen LogP contribution is -2.11. The first-order valence-corrected chi connectivity index (χ1v) is 7.86. The van der Waals surface area contributed by atoms with E-state index in [1.54, 1.807) is 0 Å². The smallest absolute Gasteiger partial charge is 0.0103 e. The normalized spacial score (nSPS) is 14.1. The Hall–Kier alpha value is -0.430. The molecule has 0 aliphatic rings. The van der Waals surface area contributed by atoms with Gasteiger partial charge in [0.2, 0.25) is 0 Å². The number of hydrogen-bond donors (Lipinski definition) is 0. The minimum atomic E-state index is -0.586. The Morgan fingerprint density at radius 1 is 1.00 bits per heavy atom. The molecule has 0 atom stereocenters. The van der Waals surface area contributed by atoms with Gasteiger partial charge >= 0.3 is 0 Å². The van der Waals surface area contributed by atoms with Crippen molar-refractivity contribution in [3.05, 3.63) is 29.8 Å². The third-order valence-corrected chi connectivity index (χ3v) is 4.08. The molecule has 0 unspecified atom stereocenters. The summed E-state index contributed by atoms with van der Waals surface area (Å²) in [6.45, 7) is 6.80. The highest BCUT2D eigenvalue weighted by atomic mass is 32.3. The highest BCUT2D eigenvalue weighted by molar-refractivity contribution is 8.32. The highest BCUT2D eigenvalue weighted by Gasteiger charge is 2.15. The van der Waals surface area contributed by atoms with Gasteiger partial charge in [-0.3, -0.25) is 0 Å². The molecule has 0 N–H and O–H groups in total. The average Bonchev–Trinajstić information content (AvgIpc) is 2.01. The molecule has 1 aromatic rings. The molecule has 0 bridgehead atoms. The molecule has 0 saturated carbocycles. The quantitative estimate of drug-likeness (QED) is 0.656. The molecule has 0 aliphatic carbocycles. The first-order chi connectivity index (χ1) is 6.21. The number of rotatable bonds is 1. The van der Waals surface area contributed by atoms with Crippen LogP contribution in [0.4, 0.5) is 0 Å². The van der Waals surface area contributed by atoms with Crippen LogP contribution in [0.25, 0.3) is 0 Å². The third kappa shape index (κ3) is 2.78. The van der Waals surface area contributed by atoms with Crippen molar-refractivity contribution >= 4 is 10.0 Å². The molecule has 0 aliphatic heterocycles. The van der Waals surface area contributed by atoms with E-state index in [2.05, 4.69) is 63.8 Å². The standard InChI is InChI=1S/C13H22S/c1-13(2,3)11-8-7-9-12(10-11)14(4,5)6/h7-10H,1-6H3. The third-order valence-electron chi connectivity index (χ3n) is 2.41. The molecule has 1 aromatic carbocycles. The molecule has 80 valence electrons. The lowest BCUT2D eigenvalue weighted by Gasteiger charge is -2.28. The molecule has 0 nitrogen and oxygen atoms in total. The summed E-state index contributed by atoms with van der Waals surface area (Å²) in [4.78, 5) is 1.50. The molecule has 14 heavy (non-hydrogen) atoms. The van der Waals surface area contributed by atoms with Crippen molar-refractivity contribution in [1.29, 1.82) is 0 Å². The van der Waals surface area contributed by atoms with Gasteiger partial charge in [0.1, 0.15) is 0 Å². The fourth-order valence-corrected chi connectivity index (χ4v) is 2.31. The zero-order valence-corrected chi connectivity index (χ0v) is 11.0. The lowest BCUT2D eigenvalue weighted by molar-refractivity contribution is 0.588. The van der Waals surface area contributed by atoms with E-state index in [0.29, 0.717) is 0 Å². The van der Waals surface area contributed by atoms with E-state index in [0.717, 1.165) is 0 Å². The van der Waals surface area contributed by atoms with E-state index < -0.39 is 10.0 Å². The Labute approximate surface area is 90.0 Å². The molecule has 0 fully saturated rings. The van der Waals surface area contributed by atoms with Crippen LogP contribution in [0.1, 0.15) is 26.3 Å². The van der Waals surface area contributed by atoms with E-state index >= 15 is 0 Å². The molecule has 1 rings (SSSR count). The molecule has 1 heteroatoms. The van der Waals surface area contributed by atoms with Gasteiger partial charge in [-0.2, -0.15) is 0 Å². The Kier molecular flexibility index (Phi) is 3.01. The van der Waals surface area contributed by atoms with Crippen molar-refractivity contribution in [3.63, 3.8) is 0 Å². The summed E-state index contributed by atoms with van der Waals surface area (Å²) >= 11 is 0. The zero-order valence-electron chi connectivity index (χ0n) is 10.2. The van der Waals surface area contributed by atoms with Gasteiger partial charge in [0.05, 0.1) is 0 Å². The van der Waals surface area contributed by atoms with Crippen molar-refractivity contribution in [2.75, 3.05) is 18.8 Å². The van der Waals surface area contributed by atoms with Crippen molar-refractivity contribution in [3.8, 4) is 0 Å². The molecular formula is C13H22S. The predicted molar refractivity (Wildman–Crippen MR) is 68.8 cm³/mol. The Morgan fingerprint density at radius 3 is 2.00 bits per heavy atom. The van der Waals surface area contributed by atoms with Crippen LogP contribution in [0, 0.1) is 0 Å². The Balaban J connectivity index is 3.15. The monoisotopic (exact) mass is 210 g/mol. The maximum Gasteiger partial charge on any atom is -0.0103 e. The van der Waals surface area contributed by atoms with E-state index in [9.17, 15) is 0 Å². The van der Waals surface area contributed by atoms with Crippen molar-refractivity contribution < 1.29 is 0 Å². The summed E-state index contributed by atoms with van der Waals surface area (Å²) in [6, 6.07) is 9.04. The summed E-state index contributed by atoms with van der Waals surface area (Å²) in [5, 5.41) is 0. The summed E-state index contributed by atoms with van der Waals surface area (Å²) < 4.78 is 0. The molecule has 0 saturated heterocycles. The summed E-state index contributed by atoms with van der Waals surface area (Å²) in [6.07, 6.45) is 7.03. The summed E-state index contributed by atoms with van der Waals surface area (Å²) in [7, 11) is -0.586. The summed E-state index contributed by atoms with van der Waals surface area (Å²) in [5.41, 5.74) is 1.71. The molecule has 0 radical (unpaired) electrons. The minimum Gasteiger partial charge on any atom is -0.223 e. The topological polar surface area (TPSA) is 0 Å². The first kappa shape index (κ1) is 11.6. The minimum absolute atomic E-state index is 0.265. The van der Waals surface area contributed by atoms with Gasteiger partial charge in [0.25, 0.3) is 0 Å². The second-order valence-corrected chi connectivity index (χ2v) is 9.76. The van der Waals surface area contributed by atoms with E-state index in [4.69, 9.17) is 0 Å². The molecule has 0 aromatic heterocycles. The second kappa shape index (κ2) is 3.62. The maximum atomic E-state index is 2.37. The zero-order chi connectivity index (χ0) is 11.0. The van der Waals surface area contributed by atoms with Crippen LogP contribution >= 0.6 is 10.0 Å². The van der Waals surface area contributed by atoms with Crippen LogP contribution in [0.3, 0.4) is 0 Å². The van der Waals surface area contributed by atoms with Gasteiger partial charge in [-0.15, -0.1) is 0 Å². The van der Waals surface area contributed by atoms with Crippen LogP contribution in [-0.4, -0.2) is 18.8 Å². The van der Waals surface area contributed by atoms with Gasteiger partial charge in [-0.1, -0.05) is 39.0 Å². The molecular weight excluding hydrogens is 188 g/mol. The van der Waals surface area contributed by atoms with Gasteiger partial charge in [0, 0.05) is 0 Å². The van der Waals surface area contributed by atoms with Crippen molar-refractivity contribution in [1.82, 2.24) is 0 Å². The molecule has 0 amide bonds. The van der Waals surface area contributed by atoms with E-state index in [-0.39, 0.29) is 5.41 Å². The highest BCUT2D eigenvalue weighted by Crippen LogP contribution is 2.45. The van der Waals surface area contributed by atoms with Crippen molar-refractivity contribution in [2.24, 2.45) is 0 Å². The van der Waals surface area contributed by atoms with Crippen LogP contribution in [0.15, 0.2) is 29.2 Å². The van der Waals surface area contributed by atoms with Gasteiger partial charge in [-0.25, -0.2) is 10.0 Å². The van der Waals surface area contributed by atoms with Gasteiger partial charge in [-0.05, 0) is 40.7 Å². The van der Waals surface area contributed by atoms with Crippen LogP contribution in [0.2, 0.25) is 0 Å². The van der Waals surface area contributed by atoms with Crippen molar-refractivity contribution in [2.45, 2.75) is 31.1 Å². The number of benzene rings is 1. The molecule has 0 spiro atoms. The average molecular weight is 210 g/mol. The lowest BCUT2D eigenvalue weighted by atomic mass is 9.87. The van der Waals surface area contributed by atoms with Crippen LogP contribution < -0.4 is 0 Å². The van der Waals surface area contributed by atoms with E-state index in [1.807, 2.05) is 0 Å². The largest absolute Gasteiger partial charge is 0.223 e. The molecule has 0 heterocycles. The maximum absolute atomic E-state index is 2.37. The van der Waals surface area contributed by atoms with Gasteiger partial charge < -0.3 is 0 Å².